The molecule has 0 aromatic heterocycles. The molecule has 4 rings (SSSR count). The van der Waals surface area contributed by atoms with Crippen LogP contribution in [0.2, 0.25) is 0 Å². The van der Waals surface area contributed by atoms with Crippen LogP contribution in [0, 0.1) is 51.4 Å². The molecule has 3 aromatic carbocycles. The SMILES string of the molecule is C=C(/C=C/c1ccc(C)cc1)CC1C(C)CCCC1C[C@@H](CCc1ccc(C)c(C)c1)CC(=C)CCc1ccc(C)cc1. The van der Waals surface area contributed by atoms with Crippen molar-refractivity contribution in [1.82, 2.24) is 0 Å². The fourth-order valence-corrected chi connectivity index (χ4v) is 7.17. The maximum Gasteiger partial charge on any atom is -0.0242 e. The van der Waals surface area contributed by atoms with Crippen molar-refractivity contribution in [3.05, 3.63) is 136 Å². The van der Waals surface area contributed by atoms with Gasteiger partial charge in [0, 0.05) is 0 Å². The Kier molecular flexibility index (Phi) is 12.3. The number of aryl methyl sites for hydroxylation is 6. The molecule has 0 heterocycles. The van der Waals surface area contributed by atoms with Crippen LogP contribution in [0.3, 0.4) is 0 Å². The average Bonchev–Trinajstić information content (AvgIpc) is 2.98. The van der Waals surface area contributed by atoms with Crippen molar-refractivity contribution in [3.8, 4) is 0 Å². The Bertz CT molecular complexity index is 1350. The highest BCUT2D eigenvalue weighted by molar-refractivity contribution is 5.53. The molecular weight excluding hydrogens is 516 g/mol. The van der Waals surface area contributed by atoms with E-state index in [0.717, 1.165) is 43.9 Å². The molecule has 0 amide bonds. The van der Waals surface area contributed by atoms with Crippen LogP contribution in [0.4, 0.5) is 0 Å². The molecule has 1 aliphatic carbocycles. The fraction of sp³-hybridized carbons (Fsp3) is 0.442. The van der Waals surface area contributed by atoms with Gasteiger partial charge in [-0.25, -0.2) is 0 Å². The van der Waals surface area contributed by atoms with Gasteiger partial charge >= 0.3 is 0 Å². The molecule has 0 aliphatic heterocycles. The molecule has 3 aromatic rings. The van der Waals surface area contributed by atoms with Gasteiger partial charge in [-0.2, -0.15) is 0 Å². The summed E-state index contributed by atoms with van der Waals surface area (Å²) < 4.78 is 0. The number of hydrogen-bond donors (Lipinski definition) is 0. The first-order valence-electron chi connectivity index (χ1n) is 16.9. The number of benzene rings is 3. The number of allylic oxidation sites excluding steroid dienone is 3. The van der Waals surface area contributed by atoms with E-state index in [1.54, 1.807) is 0 Å². The monoisotopic (exact) mass is 572 g/mol. The van der Waals surface area contributed by atoms with Crippen molar-refractivity contribution in [3.63, 3.8) is 0 Å². The zero-order valence-electron chi connectivity index (χ0n) is 27.8. The van der Waals surface area contributed by atoms with E-state index in [1.165, 1.54) is 82.2 Å². The molecule has 1 fully saturated rings. The van der Waals surface area contributed by atoms with Crippen LogP contribution < -0.4 is 0 Å². The zero-order valence-corrected chi connectivity index (χ0v) is 27.8. The smallest absolute Gasteiger partial charge is 0.0242 e. The van der Waals surface area contributed by atoms with Crippen LogP contribution >= 0.6 is 0 Å². The highest BCUT2D eigenvalue weighted by Crippen LogP contribution is 2.43. The van der Waals surface area contributed by atoms with E-state index >= 15 is 0 Å². The topological polar surface area (TPSA) is 0 Å². The average molecular weight is 573 g/mol. The van der Waals surface area contributed by atoms with Gasteiger partial charge in [-0.3, -0.25) is 0 Å². The second-order valence-corrected chi connectivity index (χ2v) is 13.9. The van der Waals surface area contributed by atoms with Crippen LogP contribution in [0.5, 0.6) is 0 Å². The molecular formula is C43H56. The highest BCUT2D eigenvalue weighted by Gasteiger charge is 2.32. The third-order valence-electron chi connectivity index (χ3n) is 10.2. The van der Waals surface area contributed by atoms with Crippen molar-refractivity contribution < 1.29 is 0 Å². The summed E-state index contributed by atoms with van der Waals surface area (Å²) >= 11 is 0. The Labute approximate surface area is 264 Å². The normalized spacial score (nSPS) is 19.4. The van der Waals surface area contributed by atoms with Gasteiger partial charge in [-0.05, 0) is 124 Å². The van der Waals surface area contributed by atoms with Gasteiger partial charge in [0.2, 0.25) is 0 Å². The largest absolute Gasteiger partial charge is 0.0998 e. The van der Waals surface area contributed by atoms with Crippen LogP contribution in [0.1, 0.15) is 97.2 Å². The van der Waals surface area contributed by atoms with Gasteiger partial charge in [-0.15, -0.1) is 0 Å². The third-order valence-corrected chi connectivity index (χ3v) is 10.2. The lowest BCUT2D eigenvalue weighted by Crippen LogP contribution is -2.29. The van der Waals surface area contributed by atoms with Crippen molar-refractivity contribution >= 4 is 6.08 Å². The molecule has 0 heteroatoms. The maximum atomic E-state index is 4.62. The molecule has 0 radical (unpaired) electrons. The summed E-state index contributed by atoms with van der Waals surface area (Å²) in [5.41, 5.74) is 12.3. The number of hydrogen-bond acceptors (Lipinski definition) is 0. The summed E-state index contributed by atoms with van der Waals surface area (Å²) in [6.07, 6.45) is 16.8. The summed E-state index contributed by atoms with van der Waals surface area (Å²) in [5, 5.41) is 0. The molecule has 1 saturated carbocycles. The van der Waals surface area contributed by atoms with Gasteiger partial charge < -0.3 is 0 Å². The zero-order chi connectivity index (χ0) is 30.8. The van der Waals surface area contributed by atoms with Crippen molar-refractivity contribution in [2.45, 2.75) is 98.8 Å². The molecule has 0 saturated heterocycles. The second kappa shape index (κ2) is 16.1. The van der Waals surface area contributed by atoms with E-state index in [2.05, 4.69) is 127 Å². The Morgan fingerprint density at radius 2 is 1.49 bits per heavy atom. The summed E-state index contributed by atoms with van der Waals surface area (Å²) in [4.78, 5) is 0. The Balaban J connectivity index is 1.42. The maximum absolute atomic E-state index is 4.62. The van der Waals surface area contributed by atoms with E-state index in [4.69, 9.17) is 0 Å². The second-order valence-electron chi connectivity index (χ2n) is 13.9. The number of rotatable bonds is 14. The third kappa shape index (κ3) is 10.5. The summed E-state index contributed by atoms with van der Waals surface area (Å²) in [5.74, 6) is 2.92. The molecule has 1 aliphatic rings. The lowest BCUT2D eigenvalue weighted by atomic mass is 9.66. The van der Waals surface area contributed by atoms with Gasteiger partial charge in [0.1, 0.15) is 0 Å². The molecule has 228 valence electrons. The van der Waals surface area contributed by atoms with Gasteiger partial charge in [0.05, 0.1) is 0 Å². The highest BCUT2D eigenvalue weighted by atomic mass is 14.4. The van der Waals surface area contributed by atoms with Crippen molar-refractivity contribution in [1.29, 1.82) is 0 Å². The van der Waals surface area contributed by atoms with E-state index in [-0.39, 0.29) is 0 Å². The molecule has 3 unspecified atom stereocenters. The first-order chi connectivity index (χ1) is 20.7. The lowest BCUT2D eigenvalue weighted by molar-refractivity contribution is 0.135. The van der Waals surface area contributed by atoms with E-state index in [1.807, 2.05) is 0 Å². The van der Waals surface area contributed by atoms with E-state index in [9.17, 15) is 0 Å². The Hall–Kier alpha value is -3.12. The summed E-state index contributed by atoms with van der Waals surface area (Å²) in [6.45, 7) is 20.4. The predicted octanol–water partition coefficient (Wildman–Crippen LogP) is 12.2. The first-order valence-corrected chi connectivity index (χ1v) is 16.9. The minimum Gasteiger partial charge on any atom is -0.0998 e. The van der Waals surface area contributed by atoms with Gasteiger partial charge in [0.25, 0.3) is 0 Å². The molecule has 43 heavy (non-hydrogen) atoms. The molecule has 0 spiro atoms. The van der Waals surface area contributed by atoms with Gasteiger partial charge in [-0.1, -0.05) is 140 Å². The fourth-order valence-electron chi connectivity index (χ4n) is 7.17. The van der Waals surface area contributed by atoms with Crippen LogP contribution in [0.15, 0.2) is 97.1 Å². The molecule has 0 nitrogen and oxygen atoms in total. The van der Waals surface area contributed by atoms with E-state index < -0.39 is 0 Å². The standard InChI is InChI=1S/C43H56/c1-31-11-18-38(19-12-31)22-15-33(3)27-41(26-25-40-24-17-35(5)37(7)29-40)30-42-10-8-9-36(6)43(42)28-34(4)16-23-39-20-13-32(2)14-21-39/h11-14,16-21,23-24,29,36,41-43H,3-4,8-10,15,22,25-28,30H2,1-2,5-7H3/b23-16+/t36?,41-,42?,43?/m0/s1. The predicted molar refractivity (Wildman–Crippen MR) is 190 cm³/mol. The summed E-state index contributed by atoms with van der Waals surface area (Å²) in [7, 11) is 0. The van der Waals surface area contributed by atoms with Crippen LogP contribution in [-0.4, -0.2) is 0 Å². The Morgan fingerprint density at radius 1 is 0.814 bits per heavy atom. The first kappa shape index (κ1) is 32.8. The van der Waals surface area contributed by atoms with E-state index in [0.29, 0.717) is 11.8 Å². The molecule has 0 N–H and O–H groups in total. The van der Waals surface area contributed by atoms with Crippen molar-refractivity contribution in [2.75, 3.05) is 0 Å². The molecule has 4 atom stereocenters. The quantitative estimate of drug-likeness (QED) is 0.133. The van der Waals surface area contributed by atoms with Crippen LogP contribution in [0.25, 0.3) is 6.08 Å². The molecule has 0 bridgehead atoms. The minimum absolute atomic E-state index is 0.682. The summed E-state index contributed by atoms with van der Waals surface area (Å²) in [6, 6.07) is 24.9. The van der Waals surface area contributed by atoms with Crippen molar-refractivity contribution in [2.24, 2.45) is 23.7 Å². The Morgan fingerprint density at radius 3 is 2.19 bits per heavy atom. The lowest BCUT2D eigenvalue weighted by Gasteiger charge is -2.39. The van der Waals surface area contributed by atoms with Crippen LogP contribution in [-0.2, 0) is 12.8 Å². The minimum atomic E-state index is 0.682. The van der Waals surface area contributed by atoms with Gasteiger partial charge in [0.15, 0.2) is 0 Å².